The summed E-state index contributed by atoms with van der Waals surface area (Å²) in [6, 6.07) is 13.4. The Morgan fingerprint density at radius 2 is 1.87 bits per heavy atom. The van der Waals surface area contributed by atoms with Crippen LogP contribution in [0.15, 0.2) is 54.9 Å². The molecule has 0 radical (unpaired) electrons. The summed E-state index contributed by atoms with van der Waals surface area (Å²) >= 11 is 0. The molecule has 1 aromatic carbocycles. The Morgan fingerprint density at radius 3 is 2.53 bits per heavy atom. The lowest BCUT2D eigenvalue weighted by molar-refractivity contribution is -0.135. The summed E-state index contributed by atoms with van der Waals surface area (Å²) in [6.45, 7) is 3.43. The van der Waals surface area contributed by atoms with Gasteiger partial charge in [-0.25, -0.2) is 0 Å². The summed E-state index contributed by atoms with van der Waals surface area (Å²) < 4.78 is 0. The molecule has 1 amide bonds. The molecular weight excluding hydrogens is 380 g/mol. The van der Waals surface area contributed by atoms with Crippen LogP contribution in [0, 0.1) is 0 Å². The molecule has 3 heterocycles. The average molecular weight is 404 g/mol. The zero-order valence-corrected chi connectivity index (χ0v) is 17.0. The van der Waals surface area contributed by atoms with Crippen molar-refractivity contribution in [1.82, 2.24) is 14.9 Å². The maximum Gasteiger partial charge on any atom is 0.226 e. The topological polar surface area (TPSA) is 98.3 Å². The fourth-order valence-electron chi connectivity index (χ4n) is 3.66. The van der Waals surface area contributed by atoms with E-state index in [0.717, 1.165) is 16.9 Å². The molecule has 1 aliphatic rings. The predicted octanol–water partition coefficient (Wildman–Crippen LogP) is 3.51. The molecule has 3 N–H and O–H groups in total. The monoisotopic (exact) mass is 404 g/mol. The van der Waals surface area contributed by atoms with E-state index in [0.29, 0.717) is 16.9 Å². The highest BCUT2D eigenvalue weighted by Gasteiger charge is 2.34. The lowest BCUT2D eigenvalue weighted by Gasteiger charge is -2.29. The van der Waals surface area contributed by atoms with Crippen LogP contribution < -0.4 is 5.32 Å². The Balaban J connectivity index is 1.74. The minimum atomic E-state index is -1.13. The largest absolute Gasteiger partial charge is 0.390 e. The van der Waals surface area contributed by atoms with Crippen molar-refractivity contribution in [2.75, 3.05) is 11.9 Å². The molecule has 3 aromatic rings. The number of aromatic amines is 1. The number of Topliss-reactive ketones (excluding diaryl/α,β-unsaturated/α-hetero) is 1. The number of ketones is 1. The number of fused-ring (bicyclic) bond motifs is 1. The van der Waals surface area contributed by atoms with Gasteiger partial charge in [0.2, 0.25) is 5.91 Å². The van der Waals surface area contributed by atoms with E-state index >= 15 is 0 Å². The van der Waals surface area contributed by atoms with Crippen LogP contribution in [-0.4, -0.2) is 43.8 Å². The second-order valence-electron chi connectivity index (χ2n) is 8.12. The molecule has 0 saturated carbocycles. The van der Waals surface area contributed by atoms with Crippen molar-refractivity contribution in [3.05, 3.63) is 66.1 Å². The van der Waals surface area contributed by atoms with E-state index in [-0.39, 0.29) is 31.2 Å². The fraction of sp³-hybridized carbons (Fsp3) is 0.261. The van der Waals surface area contributed by atoms with Gasteiger partial charge in [-0.05, 0) is 38.1 Å². The Bertz CT molecular complexity index is 1070. The smallest absolute Gasteiger partial charge is 0.226 e. The van der Waals surface area contributed by atoms with E-state index in [9.17, 15) is 14.7 Å². The molecule has 0 fully saturated rings. The number of aliphatic hydroxyl groups is 1. The second-order valence-corrected chi connectivity index (χ2v) is 8.12. The van der Waals surface area contributed by atoms with Gasteiger partial charge in [-0.1, -0.05) is 18.2 Å². The number of benzene rings is 1. The quantitative estimate of drug-likeness (QED) is 0.605. The van der Waals surface area contributed by atoms with Crippen molar-refractivity contribution in [3.8, 4) is 11.3 Å². The average Bonchev–Trinajstić information content (AvgIpc) is 3.07. The Morgan fingerprint density at radius 1 is 1.17 bits per heavy atom. The molecule has 0 spiro atoms. The van der Waals surface area contributed by atoms with Crippen LogP contribution in [0.2, 0.25) is 0 Å². The molecule has 4 rings (SSSR count). The van der Waals surface area contributed by atoms with Crippen LogP contribution in [0.4, 0.5) is 11.4 Å². The first-order chi connectivity index (χ1) is 14.3. The minimum Gasteiger partial charge on any atom is -0.390 e. The van der Waals surface area contributed by atoms with E-state index in [1.807, 2.05) is 42.5 Å². The summed E-state index contributed by atoms with van der Waals surface area (Å²) in [5, 5.41) is 13.4. The zero-order valence-electron chi connectivity index (χ0n) is 17.0. The van der Waals surface area contributed by atoms with Crippen molar-refractivity contribution in [2.45, 2.75) is 32.4 Å². The van der Waals surface area contributed by atoms with Crippen LogP contribution in [-0.2, 0) is 11.3 Å². The highest BCUT2D eigenvalue weighted by molar-refractivity contribution is 6.09. The van der Waals surface area contributed by atoms with E-state index in [1.165, 1.54) is 4.90 Å². The normalized spacial score (nSPS) is 13.8. The Labute approximate surface area is 174 Å². The minimum absolute atomic E-state index is 0.0149. The van der Waals surface area contributed by atoms with Crippen LogP contribution in [0.1, 0.15) is 36.3 Å². The SMILES string of the molecule is CC(C)(O)CC(=O)N1CC(=O)c2c([nH]c(-c3ccncc3)c2Nc2ccccc2)C1. The maximum absolute atomic E-state index is 13.1. The van der Waals surface area contributed by atoms with Crippen LogP contribution in [0.5, 0.6) is 0 Å². The van der Waals surface area contributed by atoms with E-state index < -0.39 is 5.60 Å². The molecule has 7 heteroatoms. The number of pyridine rings is 1. The first-order valence-electron chi connectivity index (χ1n) is 9.82. The number of nitrogens with one attached hydrogen (secondary N) is 2. The Hall–Kier alpha value is -3.45. The zero-order chi connectivity index (χ0) is 21.3. The molecule has 0 saturated heterocycles. The van der Waals surface area contributed by atoms with Gasteiger partial charge in [0.15, 0.2) is 5.78 Å². The van der Waals surface area contributed by atoms with E-state index in [1.54, 1.807) is 26.2 Å². The third-order valence-corrected chi connectivity index (χ3v) is 4.99. The van der Waals surface area contributed by atoms with Gasteiger partial charge in [0, 0.05) is 29.3 Å². The number of nitrogens with zero attached hydrogens (tertiary/aromatic N) is 2. The molecule has 0 unspecified atom stereocenters. The third kappa shape index (κ3) is 4.11. The van der Waals surface area contributed by atoms with Gasteiger partial charge in [0.25, 0.3) is 0 Å². The first-order valence-corrected chi connectivity index (χ1v) is 9.82. The maximum atomic E-state index is 13.1. The molecule has 0 aliphatic carbocycles. The van der Waals surface area contributed by atoms with Crippen molar-refractivity contribution in [2.24, 2.45) is 0 Å². The molecule has 2 aromatic heterocycles. The number of para-hydroxylation sites is 1. The standard InChI is InChI=1S/C23H24N4O3/c1-23(2,30)12-19(29)27-13-17-20(18(28)14-27)22(25-16-6-4-3-5-7-16)21(26-17)15-8-10-24-11-9-15/h3-11,25-26,30H,12-14H2,1-2H3. The third-order valence-electron chi connectivity index (χ3n) is 4.99. The van der Waals surface area contributed by atoms with Crippen LogP contribution in [0.3, 0.4) is 0 Å². The van der Waals surface area contributed by atoms with Gasteiger partial charge in [-0.3, -0.25) is 14.6 Å². The summed E-state index contributed by atoms with van der Waals surface area (Å²) in [4.78, 5) is 34.6. The number of aromatic nitrogens is 2. The predicted molar refractivity (Wildman–Crippen MR) is 114 cm³/mol. The molecule has 0 bridgehead atoms. The number of carbonyl (C=O) groups excluding carboxylic acids is 2. The molecule has 0 atom stereocenters. The molecule has 154 valence electrons. The van der Waals surface area contributed by atoms with Crippen molar-refractivity contribution in [1.29, 1.82) is 0 Å². The Kier molecular flexibility index (Phi) is 5.13. The summed E-state index contributed by atoms with van der Waals surface area (Å²) in [5.74, 6) is -0.394. The number of hydrogen-bond donors (Lipinski definition) is 3. The highest BCUT2D eigenvalue weighted by Crippen LogP contribution is 2.38. The van der Waals surface area contributed by atoms with E-state index in [2.05, 4.69) is 15.3 Å². The fourth-order valence-corrected chi connectivity index (χ4v) is 3.66. The van der Waals surface area contributed by atoms with Crippen molar-refractivity contribution < 1.29 is 14.7 Å². The number of anilines is 2. The van der Waals surface area contributed by atoms with Gasteiger partial charge in [0.05, 0.1) is 42.1 Å². The van der Waals surface area contributed by atoms with Gasteiger partial charge in [0.1, 0.15) is 0 Å². The van der Waals surface area contributed by atoms with Crippen molar-refractivity contribution in [3.63, 3.8) is 0 Å². The molecule has 7 nitrogen and oxygen atoms in total. The van der Waals surface area contributed by atoms with Crippen molar-refractivity contribution >= 4 is 23.1 Å². The molecule has 30 heavy (non-hydrogen) atoms. The van der Waals surface area contributed by atoms with Gasteiger partial charge >= 0.3 is 0 Å². The molecule has 1 aliphatic heterocycles. The highest BCUT2D eigenvalue weighted by atomic mass is 16.3. The van der Waals surface area contributed by atoms with Gasteiger partial charge in [-0.15, -0.1) is 0 Å². The summed E-state index contributed by atoms with van der Waals surface area (Å²) in [7, 11) is 0. The van der Waals surface area contributed by atoms with Gasteiger partial charge in [-0.2, -0.15) is 0 Å². The van der Waals surface area contributed by atoms with Crippen LogP contribution in [0.25, 0.3) is 11.3 Å². The lowest BCUT2D eigenvalue weighted by Crippen LogP contribution is -2.42. The number of hydrogen-bond acceptors (Lipinski definition) is 5. The second kappa shape index (κ2) is 7.76. The lowest BCUT2D eigenvalue weighted by atomic mass is 10.00. The summed E-state index contributed by atoms with van der Waals surface area (Å²) in [5.41, 5.74) is 3.35. The number of rotatable bonds is 5. The number of carbonyl (C=O) groups is 2. The van der Waals surface area contributed by atoms with Crippen LogP contribution >= 0.6 is 0 Å². The van der Waals surface area contributed by atoms with Gasteiger partial charge < -0.3 is 20.3 Å². The number of amides is 1. The first kappa shape index (κ1) is 19.8. The molecular formula is C23H24N4O3. The summed E-state index contributed by atoms with van der Waals surface area (Å²) in [6.07, 6.45) is 3.35. The number of H-pyrrole nitrogens is 1. The van der Waals surface area contributed by atoms with E-state index in [4.69, 9.17) is 0 Å².